The fourth-order valence-electron chi connectivity index (χ4n) is 4.09. The average molecular weight is 426 g/mol. The van der Waals surface area contributed by atoms with Crippen LogP contribution in [0.1, 0.15) is 89.0 Å². The maximum Gasteiger partial charge on any atom is 0.122 e. The molecule has 0 amide bonds. The van der Waals surface area contributed by atoms with Crippen LogP contribution in [0.3, 0.4) is 0 Å². The average Bonchev–Trinajstić information content (AvgIpc) is 2.70. The fourth-order valence-corrected chi connectivity index (χ4v) is 5.89. The highest BCUT2D eigenvalue weighted by atomic mass is 31.1. The number of aliphatic imine (C=N–C) groups is 1. The number of rotatable bonds is 9. The number of aromatic hydroxyl groups is 1. The van der Waals surface area contributed by atoms with Crippen LogP contribution in [0.2, 0.25) is 0 Å². The number of unbranched alkanes of at least 4 members (excludes halogenated alkanes) is 2. The number of phenols is 1. The lowest BCUT2D eigenvalue weighted by molar-refractivity contribution is 0.431. The first-order valence-corrected chi connectivity index (χ1v) is 12.3. The smallest absolute Gasteiger partial charge is 0.122 e. The molecule has 30 heavy (non-hydrogen) atoms. The van der Waals surface area contributed by atoms with Gasteiger partial charge in [0.15, 0.2) is 0 Å². The summed E-state index contributed by atoms with van der Waals surface area (Å²) in [5.74, 6) is 0.482. The monoisotopic (exact) mass is 425 g/mol. The van der Waals surface area contributed by atoms with Crippen molar-refractivity contribution in [2.75, 3.05) is 7.05 Å². The zero-order chi connectivity index (χ0) is 22.4. The zero-order valence-corrected chi connectivity index (χ0v) is 21.0. The van der Waals surface area contributed by atoms with Crippen LogP contribution in [0.25, 0.3) is 0 Å². The van der Waals surface area contributed by atoms with E-state index in [0.29, 0.717) is 14.3 Å². The number of aryl methyl sites for hydroxylation is 1. The molecule has 0 aliphatic heterocycles. The molecule has 2 unspecified atom stereocenters. The van der Waals surface area contributed by atoms with Crippen molar-refractivity contribution in [1.29, 1.82) is 0 Å². The Labute approximate surface area is 186 Å². The molecule has 0 saturated heterocycles. The van der Waals surface area contributed by atoms with Crippen LogP contribution in [0.15, 0.2) is 41.4 Å². The van der Waals surface area contributed by atoms with Crippen LogP contribution >= 0.6 is 8.58 Å². The van der Waals surface area contributed by atoms with E-state index in [1.54, 1.807) is 0 Å². The second-order valence-electron chi connectivity index (χ2n) is 9.43. The van der Waals surface area contributed by atoms with Gasteiger partial charge in [-0.25, -0.2) is 0 Å². The van der Waals surface area contributed by atoms with Crippen molar-refractivity contribution >= 4 is 20.1 Å². The van der Waals surface area contributed by atoms with Gasteiger partial charge < -0.3 is 5.11 Å². The summed E-state index contributed by atoms with van der Waals surface area (Å²) in [6.45, 7) is 13.3. The highest BCUT2D eigenvalue weighted by Crippen LogP contribution is 2.52. The molecule has 164 valence electrons. The SMILES string of the molecule is CCCCCC(CC)(Pc1ccccc1C=NC)c1cc(C(C)(C)C)cc(C)c1O. The van der Waals surface area contributed by atoms with E-state index in [-0.39, 0.29) is 10.6 Å². The summed E-state index contributed by atoms with van der Waals surface area (Å²) in [7, 11) is 2.41. The number of phenolic OH excluding ortho intramolecular Hbond substituents is 1. The summed E-state index contributed by atoms with van der Waals surface area (Å²) in [5.41, 5.74) is 4.65. The molecule has 2 aromatic carbocycles. The molecule has 2 aromatic rings. The minimum atomic E-state index is -0.0665. The Hall–Kier alpha value is -1.66. The first kappa shape index (κ1) is 24.6. The molecule has 2 nitrogen and oxygen atoms in total. The normalized spacial score (nSPS) is 14.6. The van der Waals surface area contributed by atoms with Crippen molar-refractivity contribution in [2.45, 2.75) is 84.2 Å². The third-order valence-corrected chi connectivity index (χ3v) is 8.17. The number of hydrogen-bond acceptors (Lipinski definition) is 2. The van der Waals surface area contributed by atoms with Gasteiger partial charge in [-0.3, -0.25) is 4.99 Å². The van der Waals surface area contributed by atoms with Crippen LogP contribution in [-0.2, 0) is 10.6 Å². The molecule has 2 atom stereocenters. The van der Waals surface area contributed by atoms with Gasteiger partial charge in [-0.05, 0) is 47.2 Å². The minimum Gasteiger partial charge on any atom is -0.507 e. The van der Waals surface area contributed by atoms with Crippen molar-refractivity contribution in [2.24, 2.45) is 4.99 Å². The molecule has 0 aliphatic rings. The van der Waals surface area contributed by atoms with Gasteiger partial charge in [-0.2, -0.15) is 0 Å². The molecule has 0 fully saturated rings. The van der Waals surface area contributed by atoms with Gasteiger partial charge in [0.25, 0.3) is 0 Å². The molecule has 0 saturated carbocycles. The zero-order valence-electron chi connectivity index (χ0n) is 20.0. The van der Waals surface area contributed by atoms with E-state index in [1.807, 2.05) is 20.2 Å². The van der Waals surface area contributed by atoms with E-state index in [9.17, 15) is 5.11 Å². The molecular formula is C27H40NOP. The fraction of sp³-hybridized carbons (Fsp3) is 0.519. The van der Waals surface area contributed by atoms with Crippen LogP contribution in [0, 0.1) is 6.92 Å². The molecule has 3 heteroatoms. The Morgan fingerprint density at radius 1 is 1.07 bits per heavy atom. The predicted molar refractivity (Wildman–Crippen MR) is 136 cm³/mol. The lowest BCUT2D eigenvalue weighted by Gasteiger charge is -2.36. The van der Waals surface area contributed by atoms with Crippen LogP contribution in [-0.4, -0.2) is 18.4 Å². The second kappa shape index (κ2) is 10.6. The Kier molecular flexibility index (Phi) is 8.68. The van der Waals surface area contributed by atoms with Gasteiger partial charge in [-0.15, -0.1) is 0 Å². The first-order chi connectivity index (χ1) is 14.2. The summed E-state index contributed by atoms with van der Waals surface area (Å²) in [4.78, 5) is 4.28. The van der Waals surface area contributed by atoms with Gasteiger partial charge in [0.2, 0.25) is 0 Å². The molecule has 0 bridgehead atoms. The number of hydrogen-bond donors (Lipinski definition) is 1. The first-order valence-electron chi connectivity index (χ1n) is 11.3. The van der Waals surface area contributed by atoms with Crippen molar-refractivity contribution < 1.29 is 5.11 Å². The molecule has 0 aromatic heterocycles. The summed E-state index contributed by atoms with van der Waals surface area (Å²) < 4.78 is 0. The minimum absolute atomic E-state index is 0.0476. The third kappa shape index (κ3) is 5.73. The van der Waals surface area contributed by atoms with Gasteiger partial charge in [-0.1, -0.05) is 98.9 Å². The van der Waals surface area contributed by atoms with Crippen LogP contribution < -0.4 is 5.30 Å². The Balaban J connectivity index is 2.67. The van der Waals surface area contributed by atoms with Crippen LogP contribution in [0.5, 0.6) is 5.75 Å². The summed E-state index contributed by atoms with van der Waals surface area (Å²) in [6.07, 6.45) is 7.67. The van der Waals surface area contributed by atoms with E-state index in [4.69, 9.17) is 0 Å². The lowest BCUT2D eigenvalue weighted by atomic mass is 9.80. The number of nitrogens with zero attached hydrogens (tertiary/aromatic N) is 1. The molecule has 2 rings (SSSR count). The van der Waals surface area contributed by atoms with E-state index in [0.717, 1.165) is 24.0 Å². The van der Waals surface area contributed by atoms with Gasteiger partial charge in [0, 0.05) is 24.0 Å². The predicted octanol–water partition coefficient (Wildman–Crippen LogP) is 7.24. The van der Waals surface area contributed by atoms with Gasteiger partial charge in [0.1, 0.15) is 5.75 Å². The maximum atomic E-state index is 11.2. The van der Waals surface area contributed by atoms with Crippen molar-refractivity contribution in [3.63, 3.8) is 0 Å². The molecule has 0 heterocycles. The van der Waals surface area contributed by atoms with E-state index in [2.05, 4.69) is 76.0 Å². The Bertz CT molecular complexity index is 866. The van der Waals surface area contributed by atoms with Crippen molar-refractivity contribution in [3.8, 4) is 5.75 Å². The van der Waals surface area contributed by atoms with Gasteiger partial charge >= 0.3 is 0 Å². The summed E-state index contributed by atoms with van der Waals surface area (Å²) in [6, 6.07) is 13.0. The Morgan fingerprint density at radius 2 is 1.77 bits per heavy atom. The van der Waals surface area contributed by atoms with E-state index in [1.165, 1.54) is 35.7 Å². The third-order valence-electron chi connectivity index (χ3n) is 6.10. The van der Waals surface area contributed by atoms with Crippen molar-refractivity contribution in [1.82, 2.24) is 0 Å². The molecule has 0 aliphatic carbocycles. The van der Waals surface area contributed by atoms with Gasteiger partial charge in [0.05, 0.1) is 0 Å². The topological polar surface area (TPSA) is 32.6 Å². The molecule has 0 radical (unpaired) electrons. The quantitative estimate of drug-likeness (QED) is 0.256. The second-order valence-corrected chi connectivity index (χ2v) is 11.2. The van der Waals surface area contributed by atoms with Crippen molar-refractivity contribution in [3.05, 3.63) is 58.7 Å². The standard InChI is InChI=1S/C27H40NOP/c1-8-10-13-16-27(9-2,30-24-15-12-11-14-21(24)19-28-7)23-18-22(26(4,5)6)17-20(3)25(23)29/h11-12,14-15,17-19,29-30H,8-10,13,16H2,1-7H3. The highest BCUT2D eigenvalue weighted by molar-refractivity contribution is 7.48. The molecular weight excluding hydrogens is 385 g/mol. The summed E-state index contributed by atoms with van der Waals surface area (Å²) >= 11 is 0. The largest absolute Gasteiger partial charge is 0.507 e. The lowest BCUT2D eigenvalue weighted by Crippen LogP contribution is -2.25. The van der Waals surface area contributed by atoms with E-state index >= 15 is 0 Å². The van der Waals surface area contributed by atoms with E-state index < -0.39 is 0 Å². The number of benzene rings is 2. The molecule has 0 spiro atoms. The molecule has 1 N–H and O–H groups in total. The summed E-state index contributed by atoms with van der Waals surface area (Å²) in [5, 5.41) is 12.5. The highest BCUT2D eigenvalue weighted by Gasteiger charge is 2.35. The van der Waals surface area contributed by atoms with Crippen LogP contribution in [0.4, 0.5) is 0 Å². The Morgan fingerprint density at radius 3 is 2.37 bits per heavy atom. The maximum absolute atomic E-state index is 11.2.